The van der Waals surface area contributed by atoms with Crippen LogP contribution in [-0.4, -0.2) is 16.7 Å². The lowest BCUT2D eigenvalue weighted by Gasteiger charge is -2.36. The number of hydrogen-bond donors (Lipinski definition) is 0. The molecule has 1 saturated heterocycles. The Morgan fingerprint density at radius 2 is 1.80 bits per heavy atom. The highest BCUT2D eigenvalue weighted by atomic mass is 19.1. The highest BCUT2D eigenvalue weighted by Gasteiger charge is 2.64. The van der Waals surface area contributed by atoms with Gasteiger partial charge in [0, 0.05) is 17.5 Å². The molecule has 5 heteroatoms. The lowest BCUT2D eigenvalue weighted by molar-refractivity contribution is -0.130. The minimum absolute atomic E-state index is 0.0850. The molecule has 2 aromatic rings. The summed E-state index contributed by atoms with van der Waals surface area (Å²) in [4.78, 5) is 15.5. The zero-order valence-electron chi connectivity index (χ0n) is 17.1. The molecule has 0 radical (unpaired) electrons. The molecule has 0 unspecified atom stereocenters. The van der Waals surface area contributed by atoms with Crippen molar-refractivity contribution >= 4 is 11.9 Å². The second-order valence-corrected chi connectivity index (χ2v) is 8.98. The first-order valence-corrected chi connectivity index (χ1v) is 9.91. The van der Waals surface area contributed by atoms with E-state index in [0.29, 0.717) is 5.56 Å². The smallest absolute Gasteiger partial charge is 0.177 e. The van der Waals surface area contributed by atoms with Gasteiger partial charge in [-0.05, 0) is 34.9 Å². The highest BCUT2D eigenvalue weighted by Crippen LogP contribution is 2.60. The van der Waals surface area contributed by atoms with Crippen molar-refractivity contribution in [2.24, 2.45) is 10.8 Å². The van der Waals surface area contributed by atoms with E-state index < -0.39 is 34.6 Å². The second kappa shape index (κ2) is 6.82. The molecule has 2 aliphatic rings. The first kappa shape index (κ1) is 19.9. The fourth-order valence-electron chi connectivity index (χ4n) is 4.81. The van der Waals surface area contributed by atoms with Crippen LogP contribution in [-0.2, 0) is 4.79 Å². The van der Waals surface area contributed by atoms with Crippen molar-refractivity contribution in [3.05, 3.63) is 77.2 Å². The van der Waals surface area contributed by atoms with Crippen LogP contribution in [0.1, 0.15) is 49.4 Å². The van der Waals surface area contributed by atoms with E-state index in [1.54, 1.807) is 12.1 Å². The Hall–Kier alpha value is -3.44. The van der Waals surface area contributed by atoms with E-state index in [9.17, 15) is 19.7 Å². The van der Waals surface area contributed by atoms with E-state index in [0.717, 1.165) is 11.1 Å². The lowest BCUT2D eigenvalue weighted by atomic mass is 9.66. The zero-order chi connectivity index (χ0) is 21.7. The molecule has 2 aliphatic heterocycles. The van der Waals surface area contributed by atoms with Crippen LogP contribution < -0.4 is 0 Å². The molecule has 3 atom stereocenters. The van der Waals surface area contributed by atoms with Gasteiger partial charge in [0.1, 0.15) is 5.82 Å². The molecule has 4 rings (SSSR count). The molecular formula is C25H22FN3O. The van der Waals surface area contributed by atoms with E-state index in [1.807, 2.05) is 62.2 Å². The van der Waals surface area contributed by atoms with Gasteiger partial charge in [0.25, 0.3) is 0 Å². The van der Waals surface area contributed by atoms with Crippen molar-refractivity contribution < 1.29 is 9.18 Å². The molecule has 0 aromatic heterocycles. The molecule has 4 nitrogen and oxygen atoms in total. The minimum atomic E-state index is -1.56. The third-order valence-corrected chi connectivity index (χ3v) is 6.16. The third-order valence-electron chi connectivity index (χ3n) is 6.16. The maximum atomic E-state index is 14.2. The van der Waals surface area contributed by atoms with E-state index in [1.165, 1.54) is 12.1 Å². The quantitative estimate of drug-likeness (QED) is 0.715. The van der Waals surface area contributed by atoms with Crippen LogP contribution in [0.3, 0.4) is 0 Å². The topological polar surface area (TPSA) is 67.9 Å². The summed E-state index contributed by atoms with van der Waals surface area (Å²) in [5.74, 6) is -1.34. The summed E-state index contributed by atoms with van der Waals surface area (Å²) in [6.07, 6.45) is 3.71. The van der Waals surface area contributed by atoms with E-state index >= 15 is 0 Å². The first-order chi connectivity index (χ1) is 14.2. The maximum Gasteiger partial charge on any atom is 0.177 e. The number of carbonyl (C=O) groups excluding carboxylic acids is 1. The predicted octanol–water partition coefficient (Wildman–Crippen LogP) is 4.97. The number of Topliss-reactive ketones (excluding diaryl/α,β-unsaturated/α-hetero) is 1. The molecule has 0 N–H and O–H groups in total. The Morgan fingerprint density at radius 1 is 1.10 bits per heavy atom. The molecule has 0 bridgehead atoms. The minimum Gasteiger partial charge on any atom is -0.357 e. The van der Waals surface area contributed by atoms with Crippen LogP contribution in [0.4, 0.5) is 4.39 Å². The van der Waals surface area contributed by atoms with Crippen LogP contribution in [0, 0.1) is 39.3 Å². The van der Waals surface area contributed by atoms with Crippen LogP contribution in [0.15, 0.2) is 54.7 Å². The molecule has 30 heavy (non-hydrogen) atoms. The monoisotopic (exact) mass is 399 g/mol. The summed E-state index contributed by atoms with van der Waals surface area (Å²) in [6, 6.07) is 16.6. The highest BCUT2D eigenvalue weighted by molar-refractivity contribution is 5.91. The Balaban J connectivity index is 2.03. The van der Waals surface area contributed by atoms with Crippen molar-refractivity contribution in [2.75, 3.05) is 0 Å². The molecule has 2 aromatic carbocycles. The number of fused-ring (bicyclic) bond motifs is 3. The van der Waals surface area contributed by atoms with Gasteiger partial charge in [-0.25, -0.2) is 4.39 Å². The molecular weight excluding hydrogens is 377 g/mol. The lowest BCUT2D eigenvalue weighted by Crippen LogP contribution is -2.43. The van der Waals surface area contributed by atoms with Crippen LogP contribution in [0.25, 0.3) is 6.08 Å². The number of nitrogens with zero attached hydrogens (tertiary/aromatic N) is 3. The van der Waals surface area contributed by atoms with Crippen molar-refractivity contribution in [1.82, 2.24) is 4.90 Å². The largest absolute Gasteiger partial charge is 0.357 e. The Kier molecular flexibility index (Phi) is 4.51. The number of hydrogen-bond acceptors (Lipinski definition) is 4. The Bertz CT molecular complexity index is 1120. The standard InChI is InChI=1S/C25H22FN3O/c1-24(2,3)23(30)21-20(17-8-6-9-18(26)13-17)25(14-27,15-28)22-19-10-5-4-7-16(19)11-12-29(21)22/h4-13,20-22H,1-3H3/t20-,21+,22+/m1/s1. The summed E-state index contributed by atoms with van der Waals surface area (Å²) in [6.45, 7) is 5.48. The zero-order valence-corrected chi connectivity index (χ0v) is 17.1. The molecule has 0 saturated carbocycles. The van der Waals surface area contributed by atoms with Gasteiger partial charge in [-0.2, -0.15) is 10.5 Å². The molecule has 2 heterocycles. The van der Waals surface area contributed by atoms with Crippen LogP contribution in [0.2, 0.25) is 0 Å². The SMILES string of the molecule is CC(C)(C)C(=O)[C@@H]1[C@@H](c2cccc(F)c2)C(C#N)(C#N)[C@@H]2c3ccccc3C=CN12. The molecule has 150 valence electrons. The van der Waals surface area contributed by atoms with Gasteiger partial charge in [0.15, 0.2) is 11.2 Å². The summed E-state index contributed by atoms with van der Waals surface area (Å²) < 4.78 is 14.2. The van der Waals surface area contributed by atoms with Crippen molar-refractivity contribution in [3.8, 4) is 12.1 Å². The van der Waals surface area contributed by atoms with Gasteiger partial charge in [-0.1, -0.05) is 57.2 Å². The average Bonchev–Trinajstić information content (AvgIpc) is 3.03. The van der Waals surface area contributed by atoms with Crippen LogP contribution >= 0.6 is 0 Å². The molecule has 0 amide bonds. The van der Waals surface area contributed by atoms with Crippen molar-refractivity contribution in [1.29, 1.82) is 10.5 Å². The number of nitriles is 2. The number of ketones is 1. The summed E-state index contributed by atoms with van der Waals surface area (Å²) >= 11 is 0. The van der Waals surface area contributed by atoms with Gasteiger partial charge in [0.05, 0.1) is 24.2 Å². The summed E-state index contributed by atoms with van der Waals surface area (Å²) in [7, 11) is 0. The fraction of sp³-hybridized carbons (Fsp3) is 0.320. The van der Waals surface area contributed by atoms with Crippen LogP contribution in [0.5, 0.6) is 0 Å². The van der Waals surface area contributed by atoms with Gasteiger partial charge in [-0.15, -0.1) is 0 Å². The number of rotatable bonds is 2. The van der Waals surface area contributed by atoms with Gasteiger partial charge in [0.2, 0.25) is 0 Å². The Labute approximate surface area is 175 Å². The third kappa shape index (κ3) is 2.74. The predicted molar refractivity (Wildman–Crippen MR) is 111 cm³/mol. The van der Waals surface area contributed by atoms with Crippen molar-refractivity contribution in [3.63, 3.8) is 0 Å². The number of halogens is 1. The van der Waals surface area contributed by atoms with Crippen molar-refractivity contribution in [2.45, 2.75) is 38.8 Å². The fourth-order valence-corrected chi connectivity index (χ4v) is 4.81. The Morgan fingerprint density at radius 3 is 2.43 bits per heavy atom. The van der Waals surface area contributed by atoms with E-state index in [-0.39, 0.29) is 5.78 Å². The summed E-state index contributed by atoms with van der Waals surface area (Å²) in [5, 5.41) is 20.7. The van der Waals surface area contributed by atoms with Gasteiger partial charge in [-0.3, -0.25) is 4.79 Å². The normalized spacial score (nSPS) is 23.8. The van der Waals surface area contributed by atoms with Gasteiger partial charge >= 0.3 is 0 Å². The van der Waals surface area contributed by atoms with E-state index in [4.69, 9.17) is 0 Å². The average molecular weight is 399 g/mol. The van der Waals surface area contributed by atoms with Gasteiger partial charge < -0.3 is 4.90 Å². The number of benzene rings is 2. The molecule has 0 aliphatic carbocycles. The number of carbonyl (C=O) groups is 1. The molecule has 1 fully saturated rings. The second-order valence-electron chi connectivity index (χ2n) is 8.98. The summed E-state index contributed by atoms with van der Waals surface area (Å²) in [5.41, 5.74) is -0.0301. The maximum absolute atomic E-state index is 14.2. The molecule has 0 spiro atoms. The van der Waals surface area contributed by atoms with E-state index in [2.05, 4.69) is 12.1 Å². The first-order valence-electron chi connectivity index (χ1n) is 9.91.